The van der Waals surface area contributed by atoms with E-state index in [-0.39, 0.29) is 11.7 Å². The Labute approximate surface area is 130 Å². The zero-order chi connectivity index (χ0) is 14.7. The third kappa shape index (κ3) is 3.52. The summed E-state index contributed by atoms with van der Waals surface area (Å²) in [6.45, 7) is 3.18. The molecule has 0 radical (unpaired) electrons. The van der Waals surface area contributed by atoms with Gasteiger partial charge in [-0.25, -0.2) is 4.98 Å². The van der Waals surface area contributed by atoms with E-state index in [9.17, 15) is 5.11 Å². The third-order valence-electron chi connectivity index (χ3n) is 2.81. The number of nitrogen functional groups attached to an aromatic ring is 1. The zero-order valence-electron chi connectivity index (χ0n) is 10.8. The van der Waals surface area contributed by atoms with Crippen LogP contribution in [0.5, 0.6) is 5.75 Å². The van der Waals surface area contributed by atoms with Gasteiger partial charge in [-0.15, -0.1) is 0 Å². The third-order valence-corrected chi connectivity index (χ3v) is 3.49. The molecule has 3 N–H and O–H groups in total. The van der Waals surface area contributed by atoms with Crippen molar-refractivity contribution in [2.75, 3.05) is 17.2 Å². The van der Waals surface area contributed by atoms with Crippen LogP contribution in [-0.4, -0.2) is 21.6 Å². The molecule has 20 heavy (non-hydrogen) atoms. The molecule has 7 heteroatoms. The molecule has 2 aromatic rings. The summed E-state index contributed by atoms with van der Waals surface area (Å²) in [5, 5.41) is 10.2. The normalized spacial score (nSPS) is 10.6. The van der Waals surface area contributed by atoms with E-state index in [1.807, 2.05) is 17.9 Å². The lowest BCUT2D eigenvalue weighted by Gasteiger charge is -2.22. The predicted molar refractivity (Wildman–Crippen MR) is 84.0 cm³/mol. The summed E-state index contributed by atoms with van der Waals surface area (Å²) in [6, 6.07) is 6.95. The number of aromatic hydroxyl groups is 1. The quantitative estimate of drug-likeness (QED) is 0.822. The van der Waals surface area contributed by atoms with Crippen LogP contribution in [0.25, 0.3) is 0 Å². The Morgan fingerprint density at radius 3 is 2.75 bits per heavy atom. The monoisotopic (exact) mass is 356 g/mol. The number of phenolic OH excluding ortho intramolecular Hbond substituents is 1. The number of nitrogens with two attached hydrogens (primary N) is 1. The highest BCUT2D eigenvalue weighted by Gasteiger charge is 2.12. The van der Waals surface area contributed by atoms with Gasteiger partial charge in [0.15, 0.2) is 0 Å². The second-order valence-electron chi connectivity index (χ2n) is 4.19. The summed E-state index contributed by atoms with van der Waals surface area (Å²) in [7, 11) is 0. The summed E-state index contributed by atoms with van der Waals surface area (Å²) in [5.74, 6) is 0.994. The highest BCUT2D eigenvalue weighted by molar-refractivity contribution is 9.10. The Morgan fingerprint density at radius 1 is 1.35 bits per heavy atom. The van der Waals surface area contributed by atoms with Crippen molar-refractivity contribution < 1.29 is 5.11 Å². The average Bonchev–Trinajstić information content (AvgIpc) is 2.38. The molecule has 5 nitrogen and oxygen atoms in total. The number of rotatable bonds is 4. The van der Waals surface area contributed by atoms with Crippen molar-refractivity contribution in [2.24, 2.45) is 0 Å². The molecule has 2 rings (SSSR count). The van der Waals surface area contributed by atoms with Crippen molar-refractivity contribution >= 4 is 39.3 Å². The minimum absolute atomic E-state index is 0.129. The predicted octanol–water partition coefficient (Wildman–Crippen LogP) is 3.21. The van der Waals surface area contributed by atoms with Gasteiger partial charge in [-0.05, 0) is 25.1 Å². The van der Waals surface area contributed by atoms with E-state index in [1.54, 1.807) is 18.2 Å². The van der Waals surface area contributed by atoms with Gasteiger partial charge in [-0.2, -0.15) is 4.98 Å². The van der Waals surface area contributed by atoms with Gasteiger partial charge in [-0.3, -0.25) is 0 Å². The van der Waals surface area contributed by atoms with Crippen molar-refractivity contribution in [1.82, 2.24) is 9.97 Å². The first-order valence-corrected chi connectivity index (χ1v) is 7.19. The average molecular weight is 358 g/mol. The second-order valence-corrected chi connectivity index (χ2v) is 5.50. The Bertz CT molecular complexity index is 603. The standard InChI is InChI=1S/C13H14BrClN4O/c1-2-19(12-6-11(15)17-13(16)18-12)7-8-5-9(14)3-4-10(8)20/h3-6,20H,2,7H2,1H3,(H2,16,17,18). The van der Waals surface area contributed by atoms with Crippen LogP contribution in [0.3, 0.4) is 0 Å². The van der Waals surface area contributed by atoms with Gasteiger partial charge >= 0.3 is 0 Å². The molecule has 0 saturated heterocycles. The number of hydrogen-bond donors (Lipinski definition) is 2. The highest BCUT2D eigenvalue weighted by Crippen LogP contribution is 2.25. The Kier molecular flexibility index (Phi) is 4.67. The molecule has 0 atom stereocenters. The van der Waals surface area contributed by atoms with Crippen LogP contribution < -0.4 is 10.6 Å². The fourth-order valence-electron chi connectivity index (χ4n) is 1.83. The molecule has 106 valence electrons. The lowest BCUT2D eigenvalue weighted by Crippen LogP contribution is -2.23. The molecule has 0 bridgehead atoms. The van der Waals surface area contributed by atoms with Gasteiger partial charge in [0.25, 0.3) is 0 Å². The van der Waals surface area contributed by atoms with E-state index in [1.165, 1.54) is 0 Å². The van der Waals surface area contributed by atoms with Gasteiger partial charge < -0.3 is 15.7 Å². The number of anilines is 2. The number of phenols is 1. The number of aromatic nitrogens is 2. The van der Waals surface area contributed by atoms with Crippen molar-refractivity contribution in [3.05, 3.63) is 39.5 Å². The molecular formula is C13H14BrClN4O. The molecule has 0 aliphatic rings. The largest absolute Gasteiger partial charge is 0.508 e. The molecule has 1 aromatic heterocycles. The van der Waals surface area contributed by atoms with Crippen LogP contribution >= 0.6 is 27.5 Å². The first-order valence-electron chi connectivity index (χ1n) is 6.02. The van der Waals surface area contributed by atoms with E-state index >= 15 is 0 Å². The van der Waals surface area contributed by atoms with Crippen LogP contribution in [0.4, 0.5) is 11.8 Å². The first kappa shape index (κ1) is 14.9. The Morgan fingerprint density at radius 2 is 2.10 bits per heavy atom. The SMILES string of the molecule is CCN(Cc1cc(Br)ccc1O)c1cc(Cl)nc(N)n1. The van der Waals surface area contributed by atoms with Gasteiger partial charge in [0.2, 0.25) is 5.95 Å². The minimum Gasteiger partial charge on any atom is -0.508 e. The maximum atomic E-state index is 9.90. The van der Waals surface area contributed by atoms with Crippen LogP contribution in [0.15, 0.2) is 28.7 Å². The van der Waals surface area contributed by atoms with E-state index in [4.69, 9.17) is 17.3 Å². The summed E-state index contributed by atoms with van der Waals surface area (Å²) in [4.78, 5) is 9.96. The van der Waals surface area contributed by atoms with Crippen molar-refractivity contribution in [3.8, 4) is 5.75 Å². The summed E-state index contributed by atoms with van der Waals surface area (Å²) < 4.78 is 0.904. The number of halogens is 2. The van der Waals surface area contributed by atoms with Crippen molar-refractivity contribution in [1.29, 1.82) is 0 Å². The number of benzene rings is 1. The van der Waals surface area contributed by atoms with Gasteiger partial charge in [-0.1, -0.05) is 27.5 Å². The number of nitrogens with zero attached hydrogens (tertiary/aromatic N) is 3. The van der Waals surface area contributed by atoms with Crippen molar-refractivity contribution in [2.45, 2.75) is 13.5 Å². The maximum absolute atomic E-state index is 9.90. The van der Waals surface area contributed by atoms with Crippen LogP contribution in [0, 0.1) is 0 Å². The summed E-state index contributed by atoms with van der Waals surface area (Å²) in [6.07, 6.45) is 0. The van der Waals surface area contributed by atoms with Gasteiger partial charge in [0.05, 0.1) is 0 Å². The summed E-state index contributed by atoms with van der Waals surface area (Å²) in [5.41, 5.74) is 6.40. The Hall–Kier alpha value is -1.53. The molecular weight excluding hydrogens is 344 g/mol. The van der Waals surface area contributed by atoms with E-state index < -0.39 is 0 Å². The molecule has 0 aliphatic carbocycles. The van der Waals surface area contributed by atoms with Crippen molar-refractivity contribution in [3.63, 3.8) is 0 Å². The van der Waals surface area contributed by atoms with Gasteiger partial charge in [0.1, 0.15) is 16.7 Å². The lowest BCUT2D eigenvalue weighted by atomic mass is 10.2. The molecule has 0 unspecified atom stereocenters. The fourth-order valence-corrected chi connectivity index (χ4v) is 2.42. The van der Waals surface area contributed by atoms with Crippen LogP contribution in [0.2, 0.25) is 5.15 Å². The van der Waals surface area contributed by atoms with E-state index in [0.29, 0.717) is 24.1 Å². The first-order chi connectivity index (χ1) is 9.49. The zero-order valence-corrected chi connectivity index (χ0v) is 13.2. The topological polar surface area (TPSA) is 75.3 Å². The minimum atomic E-state index is 0.129. The van der Waals surface area contributed by atoms with Gasteiger partial charge in [0, 0.05) is 29.2 Å². The lowest BCUT2D eigenvalue weighted by molar-refractivity contribution is 0.467. The molecule has 1 heterocycles. The second kappa shape index (κ2) is 6.28. The molecule has 1 aromatic carbocycles. The highest BCUT2D eigenvalue weighted by atomic mass is 79.9. The molecule has 0 saturated carbocycles. The van der Waals surface area contributed by atoms with Crippen LogP contribution in [0.1, 0.15) is 12.5 Å². The molecule has 0 aliphatic heterocycles. The van der Waals surface area contributed by atoms with E-state index in [0.717, 1.165) is 10.0 Å². The Balaban J connectivity index is 2.30. The fraction of sp³-hybridized carbons (Fsp3) is 0.231. The molecule has 0 fully saturated rings. The summed E-state index contributed by atoms with van der Waals surface area (Å²) >= 11 is 9.29. The maximum Gasteiger partial charge on any atom is 0.223 e. The van der Waals surface area contributed by atoms with E-state index in [2.05, 4.69) is 25.9 Å². The van der Waals surface area contributed by atoms with Crippen LogP contribution in [-0.2, 0) is 6.54 Å². The number of hydrogen-bond acceptors (Lipinski definition) is 5. The molecule has 0 spiro atoms. The smallest absolute Gasteiger partial charge is 0.223 e. The molecule has 0 amide bonds.